The van der Waals surface area contributed by atoms with Crippen LogP contribution in [0.3, 0.4) is 0 Å². The van der Waals surface area contributed by atoms with Crippen LogP contribution in [0.25, 0.3) is 0 Å². The van der Waals surface area contributed by atoms with Gasteiger partial charge in [0.2, 0.25) is 21.8 Å². The molecule has 2 aromatic carbocycles. The van der Waals surface area contributed by atoms with E-state index in [4.69, 9.17) is 34.8 Å². The molecule has 0 fully saturated rings. The molecule has 0 saturated heterocycles. The minimum absolute atomic E-state index is 0.00655. The van der Waals surface area contributed by atoms with Gasteiger partial charge in [0.15, 0.2) is 0 Å². The summed E-state index contributed by atoms with van der Waals surface area (Å²) in [6, 6.07) is 8.78. The summed E-state index contributed by atoms with van der Waals surface area (Å²) in [6.07, 6.45) is 2.05. The number of sulfonamides is 1. The van der Waals surface area contributed by atoms with E-state index in [0.717, 1.165) is 17.0 Å². The van der Waals surface area contributed by atoms with Crippen LogP contribution in [0.2, 0.25) is 15.1 Å². The summed E-state index contributed by atoms with van der Waals surface area (Å²) in [6.45, 7) is 6.77. The van der Waals surface area contributed by atoms with Crippen LogP contribution in [-0.2, 0) is 26.2 Å². The molecule has 0 unspecified atom stereocenters. The van der Waals surface area contributed by atoms with Crippen LogP contribution in [0.5, 0.6) is 0 Å². The smallest absolute Gasteiger partial charge is 0.244 e. The number of carbonyl (C=O) groups is 2. The Labute approximate surface area is 228 Å². The van der Waals surface area contributed by atoms with Gasteiger partial charge in [0.25, 0.3) is 0 Å². The lowest BCUT2D eigenvalue weighted by Gasteiger charge is -2.34. The summed E-state index contributed by atoms with van der Waals surface area (Å²) in [5, 5.41) is 4.06. The number of nitrogens with one attached hydrogen (secondary N) is 1. The highest BCUT2D eigenvalue weighted by atomic mass is 35.5. The van der Waals surface area contributed by atoms with E-state index in [1.165, 1.54) is 4.90 Å². The lowest BCUT2D eigenvalue weighted by Crippen LogP contribution is -2.53. The highest BCUT2D eigenvalue weighted by Crippen LogP contribution is 2.29. The second-order valence-electron chi connectivity index (χ2n) is 8.65. The number of anilines is 1. The van der Waals surface area contributed by atoms with Crippen molar-refractivity contribution in [2.75, 3.05) is 17.1 Å². The molecule has 7 nitrogen and oxygen atoms in total. The zero-order valence-corrected chi connectivity index (χ0v) is 24.1. The maximum absolute atomic E-state index is 13.8. The predicted molar refractivity (Wildman–Crippen MR) is 147 cm³/mol. The fraction of sp³-hybridized carbons (Fsp3) is 0.440. The molecular weight excluding hydrogens is 545 g/mol. The van der Waals surface area contributed by atoms with E-state index in [1.807, 2.05) is 13.8 Å². The largest absolute Gasteiger partial charge is 0.352 e. The molecule has 1 N–H and O–H groups in total. The van der Waals surface area contributed by atoms with Gasteiger partial charge in [-0.05, 0) is 62.1 Å². The third-order valence-corrected chi connectivity index (χ3v) is 8.05. The van der Waals surface area contributed by atoms with Gasteiger partial charge in [0.05, 0.1) is 11.9 Å². The average molecular weight is 577 g/mol. The lowest BCUT2D eigenvalue weighted by molar-refractivity contribution is -0.140. The molecule has 0 saturated carbocycles. The number of amides is 2. The molecule has 0 aliphatic carbocycles. The molecule has 2 amide bonds. The van der Waals surface area contributed by atoms with Gasteiger partial charge in [0, 0.05) is 27.7 Å². The Bertz CT molecular complexity index is 1210. The molecule has 36 heavy (non-hydrogen) atoms. The van der Waals surface area contributed by atoms with Gasteiger partial charge in [0.1, 0.15) is 12.6 Å². The number of rotatable bonds is 11. The molecular formula is C25H32Cl3N3O4S. The summed E-state index contributed by atoms with van der Waals surface area (Å²) in [5.74, 6) is -0.882. The average Bonchev–Trinajstić information content (AvgIpc) is 2.79. The standard InChI is InChI=1S/C25H32Cl3N3O4S/c1-6-16(3)29-25(33)22(7-2)30(14-18-11-12-19(26)13-21(18)28)24(32)15-31(36(5,34)35)23-10-8-9-20(27)17(23)4/h8-13,16,22H,6-7,14-15H2,1-5H3,(H,29,33)/t16-,22+/m0/s1. The molecule has 2 aromatic rings. The van der Waals surface area contributed by atoms with Gasteiger partial charge in [-0.15, -0.1) is 0 Å². The highest BCUT2D eigenvalue weighted by Gasteiger charge is 2.33. The van der Waals surface area contributed by atoms with Gasteiger partial charge in [-0.1, -0.05) is 60.8 Å². The van der Waals surface area contributed by atoms with E-state index in [-0.39, 0.29) is 18.5 Å². The van der Waals surface area contributed by atoms with E-state index in [9.17, 15) is 18.0 Å². The molecule has 0 aliphatic rings. The van der Waals surface area contributed by atoms with Crippen molar-refractivity contribution in [2.45, 2.75) is 59.2 Å². The Morgan fingerprint density at radius 1 is 1.03 bits per heavy atom. The molecule has 11 heteroatoms. The molecule has 0 heterocycles. The highest BCUT2D eigenvalue weighted by molar-refractivity contribution is 7.92. The zero-order valence-electron chi connectivity index (χ0n) is 21.0. The third-order valence-electron chi connectivity index (χ3n) is 5.93. The minimum atomic E-state index is -3.86. The quantitative estimate of drug-likeness (QED) is 0.386. The van der Waals surface area contributed by atoms with E-state index in [0.29, 0.717) is 38.3 Å². The number of hydrogen-bond acceptors (Lipinski definition) is 4. The van der Waals surface area contributed by atoms with Crippen LogP contribution in [-0.4, -0.2) is 50.0 Å². The fourth-order valence-electron chi connectivity index (χ4n) is 3.66. The molecule has 0 bridgehead atoms. The predicted octanol–water partition coefficient (Wildman–Crippen LogP) is 5.44. The van der Waals surface area contributed by atoms with Crippen LogP contribution in [0.4, 0.5) is 5.69 Å². The van der Waals surface area contributed by atoms with Gasteiger partial charge >= 0.3 is 0 Å². The van der Waals surface area contributed by atoms with Crippen molar-refractivity contribution in [2.24, 2.45) is 0 Å². The Kier molecular flexibility index (Phi) is 10.9. The molecule has 0 aromatic heterocycles. The van der Waals surface area contributed by atoms with Crippen LogP contribution in [0, 0.1) is 6.92 Å². The summed E-state index contributed by atoms with van der Waals surface area (Å²) in [7, 11) is -3.86. The van der Waals surface area contributed by atoms with Gasteiger partial charge in [-0.25, -0.2) is 8.42 Å². The second-order valence-corrected chi connectivity index (χ2v) is 11.8. The van der Waals surface area contributed by atoms with Crippen molar-refractivity contribution < 1.29 is 18.0 Å². The molecule has 2 rings (SSSR count). The fourth-order valence-corrected chi connectivity index (χ4v) is 5.19. The first-order valence-electron chi connectivity index (χ1n) is 11.6. The third kappa shape index (κ3) is 7.75. The van der Waals surface area contributed by atoms with Crippen LogP contribution < -0.4 is 9.62 Å². The van der Waals surface area contributed by atoms with Crippen molar-refractivity contribution >= 4 is 62.3 Å². The molecule has 0 aliphatic heterocycles. The van der Waals surface area contributed by atoms with E-state index >= 15 is 0 Å². The van der Waals surface area contributed by atoms with Crippen LogP contribution in [0.1, 0.15) is 44.7 Å². The summed E-state index contributed by atoms with van der Waals surface area (Å²) >= 11 is 18.6. The Hall–Kier alpha value is -2.00. The van der Waals surface area contributed by atoms with Crippen molar-refractivity contribution in [3.05, 3.63) is 62.6 Å². The normalized spacial score (nSPS) is 13.1. The maximum Gasteiger partial charge on any atom is 0.244 e. The number of halogens is 3. The minimum Gasteiger partial charge on any atom is -0.352 e. The monoisotopic (exact) mass is 575 g/mol. The summed E-state index contributed by atoms with van der Waals surface area (Å²) < 4.78 is 26.5. The number of benzene rings is 2. The van der Waals surface area contributed by atoms with Crippen LogP contribution in [0.15, 0.2) is 36.4 Å². The Morgan fingerprint density at radius 3 is 2.25 bits per heavy atom. The van der Waals surface area contributed by atoms with Crippen molar-refractivity contribution in [3.8, 4) is 0 Å². The zero-order chi connectivity index (χ0) is 27.2. The van der Waals surface area contributed by atoms with E-state index in [2.05, 4.69) is 5.32 Å². The van der Waals surface area contributed by atoms with Crippen LogP contribution >= 0.6 is 34.8 Å². The Morgan fingerprint density at radius 2 is 1.69 bits per heavy atom. The molecule has 0 spiro atoms. The lowest BCUT2D eigenvalue weighted by atomic mass is 10.1. The topological polar surface area (TPSA) is 86.8 Å². The van der Waals surface area contributed by atoms with Crippen molar-refractivity contribution in [1.29, 1.82) is 0 Å². The molecule has 198 valence electrons. The number of nitrogens with zero attached hydrogens (tertiary/aromatic N) is 2. The summed E-state index contributed by atoms with van der Waals surface area (Å²) in [5.41, 5.74) is 1.39. The Balaban J connectivity index is 2.52. The van der Waals surface area contributed by atoms with Gasteiger partial charge in [-0.2, -0.15) is 0 Å². The molecule has 0 radical (unpaired) electrons. The number of carbonyl (C=O) groups excluding carboxylic acids is 2. The first-order chi connectivity index (χ1) is 16.8. The second kappa shape index (κ2) is 13.0. The van der Waals surface area contributed by atoms with Crippen molar-refractivity contribution in [3.63, 3.8) is 0 Å². The maximum atomic E-state index is 13.8. The SMILES string of the molecule is CC[C@H](C(=O)N[C@@H](C)CC)N(Cc1ccc(Cl)cc1Cl)C(=O)CN(c1cccc(Cl)c1C)S(C)(=O)=O. The van der Waals surface area contributed by atoms with E-state index in [1.54, 1.807) is 50.2 Å². The number of hydrogen-bond donors (Lipinski definition) is 1. The van der Waals surface area contributed by atoms with Crippen molar-refractivity contribution in [1.82, 2.24) is 10.2 Å². The van der Waals surface area contributed by atoms with Gasteiger partial charge < -0.3 is 10.2 Å². The first-order valence-corrected chi connectivity index (χ1v) is 14.5. The van der Waals surface area contributed by atoms with Gasteiger partial charge in [-0.3, -0.25) is 13.9 Å². The summed E-state index contributed by atoms with van der Waals surface area (Å²) in [4.78, 5) is 28.3. The van der Waals surface area contributed by atoms with E-state index < -0.39 is 28.5 Å². The molecule has 2 atom stereocenters. The first kappa shape index (κ1) is 30.2.